The van der Waals surface area contributed by atoms with Crippen molar-refractivity contribution in [2.75, 3.05) is 5.32 Å². The number of hydrogen-bond donors (Lipinski definition) is 2. The zero-order valence-electron chi connectivity index (χ0n) is 8.11. The summed E-state index contributed by atoms with van der Waals surface area (Å²) in [4.78, 5) is 10.7. The highest BCUT2D eigenvalue weighted by molar-refractivity contribution is 5.73. The summed E-state index contributed by atoms with van der Waals surface area (Å²) in [5.41, 5.74) is 0.383. The van der Waals surface area contributed by atoms with E-state index in [1.807, 2.05) is 0 Å². The number of rotatable bonds is 3. The second-order valence-corrected chi connectivity index (χ2v) is 3.75. The van der Waals surface area contributed by atoms with Crippen molar-refractivity contribution in [3.8, 4) is 0 Å². The minimum Gasteiger partial charge on any atom is -0.481 e. The Morgan fingerprint density at radius 2 is 2.13 bits per heavy atom. The van der Waals surface area contributed by atoms with E-state index in [2.05, 4.69) is 5.32 Å². The summed E-state index contributed by atoms with van der Waals surface area (Å²) in [6, 6.07) is 6.17. The number of para-hydroxylation sites is 1. The molecule has 2 N–H and O–H groups in total. The first-order valence-electron chi connectivity index (χ1n) is 4.92. The molecule has 3 nitrogen and oxygen atoms in total. The van der Waals surface area contributed by atoms with Crippen LogP contribution in [0.25, 0.3) is 0 Å². The molecule has 0 saturated heterocycles. The maximum absolute atomic E-state index is 13.2. The molecule has 0 radical (unpaired) electrons. The molecule has 2 rings (SSSR count). The van der Waals surface area contributed by atoms with E-state index in [1.54, 1.807) is 18.2 Å². The van der Waals surface area contributed by atoms with Gasteiger partial charge in [-0.3, -0.25) is 4.79 Å². The number of carbonyl (C=O) groups is 1. The van der Waals surface area contributed by atoms with Crippen LogP contribution >= 0.6 is 0 Å². The lowest BCUT2D eigenvalue weighted by Gasteiger charge is -2.34. The molecule has 0 amide bonds. The molecular formula is C11H12FNO2. The van der Waals surface area contributed by atoms with E-state index in [-0.39, 0.29) is 17.8 Å². The molecule has 1 saturated carbocycles. The third-order valence-electron chi connectivity index (χ3n) is 2.81. The quantitative estimate of drug-likeness (QED) is 0.801. The first-order valence-corrected chi connectivity index (χ1v) is 4.92. The zero-order valence-corrected chi connectivity index (χ0v) is 8.11. The van der Waals surface area contributed by atoms with Crippen LogP contribution in [0, 0.1) is 11.7 Å². The first-order chi connectivity index (χ1) is 7.18. The SMILES string of the molecule is O=C(O)C1CCC1Nc1ccccc1F. The van der Waals surface area contributed by atoms with E-state index in [4.69, 9.17) is 5.11 Å². The van der Waals surface area contributed by atoms with Crippen molar-refractivity contribution >= 4 is 11.7 Å². The number of carboxylic acid groups (broad SMARTS) is 1. The number of nitrogens with one attached hydrogen (secondary N) is 1. The van der Waals surface area contributed by atoms with Crippen molar-refractivity contribution in [1.29, 1.82) is 0 Å². The Bertz CT molecular complexity index is 381. The summed E-state index contributed by atoms with van der Waals surface area (Å²) in [7, 11) is 0. The van der Waals surface area contributed by atoms with Gasteiger partial charge in [0.25, 0.3) is 0 Å². The molecule has 1 aromatic carbocycles. The van der Waals surface area contributed by atoms with Crippen LogP contribution < -0.4 is 5.32 Å². The summed E-state index contributed by atoms with van der Waals surface area (Å²) < 4.78 is 13.2. The Labute approximate surface area is 86.9 Å². The lowest BCUT2D eigenvalue weighted by atomic mass is 9.79. The fourth-order valence-electron chi connectivity index (χ4n) is 1.75. The third kappa shape index (κ3) is 1.93. The van der Waals surface area contributed by atoms with Crippen LogP contribution in [0.1, 0.15) is 12.8 Å². The van der Waals surface area contributed by atoms with Crippen LogP contribution in [-0.2, 0) is 4.79 Å². The molecule has 0 heterocycles. The van der Waals surface area contributed by atoms with E-state index in [0.29, 0.717) is 12.1 Å². The predicted molar refractivity (Wildman–Crippen MR) is 54.2 cm³/mol. The fraction of sp³-hybridized carbons (Fsp3) is 0.364. The Morgan fingerprint density at radius 3 is 2.67 bits per heavy atom. The van der Waals surface area contributed by atoms with Gasteiger partial charge in [0.1, 0.15) is 5.82 Å². The summed E-state index contributed by atoms with van der Waals surface area (Å²) >= 11 is 0. The number of aliphatic carboxylic acids is 1. The van der Waals surface area contributed by atoms with Crippen LogP contribution in [0.2, 0.25) is 0 Å². The van der Waals surface area contributed by atoms with E-state index in [0.717, 1.165) is 6.42 Å². The van der Waals surface area contributed by atoms with E-state index in [1.165, 1.54) is 6.07 Å². The average molecular weight is 209 g/mol. The molecule has 0 aromatic heterocycles. The van der Waals surface area contributed by atoms with Crippen molar-refractivity contribution in [2.45, 2.75) is 18.9 Å². The predicted octanol–water partition coefficient (Wildman–Crippen LogP) is 2.10. The van der Waals surface area contributed by atoms with Gasteiger partial charge in [-0.1, -0.05) is 12.1 Å². The average Bonchev–Trinajstić information content (AvgIpc) is 2.13. The smallest absolute Gasteiger partial charge is 0.308 e. The molecule has 4 heteroatoms. The van der Waals surface area contributed by atoms with E-state index < -0.39 is 5.97 Å². The molecule has 15 heavy (non-hydrogen) atoms. The van der Waals surface area contributed by atoms with Crippen LogP contribution in [0.15, 0.2) is 24.3 Å². The van der Waals surface area contributed by atoms with Gasteiger partial charge in [0, 0.05) is 6.04 Å². The molecule has 1 aliphatic rings. The summed E-state index contributed by atoms with van der Waals surface area (Å²) in [5, 5.41) is 11.7. The van der Waals surface area contributed by atoms with Gasteiger partial charge in [0.05, 0.1) is 11.6 Å². The Balaban J connectivity index is 2.04. The van der Waals surface area contributed by atoms with Gasteiger partial charge in [0.15, 0.2) is 0 Å². The van der Waals surface area contributed by atoms with Gasteiger partial charge >= 0.3 is 5.97 Å². The lowest BCUT2D eigenvalue weighted by molar-refractivity contribution is -0.144. The number of hydrogen-bond acceptors (Lipinski definition) is 2. The molecule has 0 spiro atoms. The first kappa shape index (κ1) is 9.96. The van der Waals surface area contributed by atoms with Crippen molar-refractivity contribution in [1.82, 2.24) is 0 Å². The summed E-state index contributed by atoms with van der Waals surface area (Å²) in [6.45, 7) is 0. The molecule has 2 atom stereocenters. The highest BCUT2D eigenvalue weighted by Gasteiger charge is 2.36. The van der Waals surface area contributed by atoms with Crippen molar-refractivity contribution in [2.24, 2.45) is 5.92 Å². The Kier molecular flexibility index (Phi) is 2.58. The highest BCUT2D eigenvalue weighted by atomic mass is 19.1. The van der Waals surface area contributed by atoms with Crippen LogP contribution in [-0.4, -0.2) is 17.1 Å². The number of anilines is 1. The maximum atomic E-state index is 13.2. The van der Waals surface area contributed by atoms with Crippen LogP contribution in [0.4, 0.5) is 10.1 Å². The molecule has 80 valence electrons. The van der Waals surface area contributed by atoms with Crippen molar-refractivity contribution in [3.05, 3.63) is 30.1 Å². The minimum absolute atomic E-state index is 0.139. The second-order valence-electron chi connectivity index (χ2n) is 3.75. The lowest BCUT2D eigenvalue weighted by Crippen LogP contribution is -2.43. The molecule has 0 bridgehead atoms. The number of benzene rings is 1. The van der Waals surface area contributed by atoms with Gasteiger partial charge in [-0.05, 0) is 25.0 Å². The molecule has 1 aliphatic carbocycles. The van der Waals surface area contributed by atoms with Crippen molar-refractivity contribution in [3.63, 3.8) is 0 Å². The molecule has 1 aromatic rings. The summed E-state index contributed by atoms with van der Waals surface area (Å²) in [6.07, 6.45) is 1.45. The molecule has 1 fully saturated rings. The van der Waals surface area contributed by atoms with Crippen molar-refractivity contribution < 1.29 is 14.3 Å². The van der Waals surface area contributed by atoms with Gasteiger partial charge in [-0.25, -0.2) is 4.39 Å². The minimum atomic E-state index is -0.810. The van der Waals surface area contributed by atoms with Crippen LogP contribution in [0.5, 0.6) is 0 Å². The standard InChI is InChI=1S/C11H12FNO2/c12-8-3-1-2-4-10(8)13-9-6-5-7(9)11(14)15/h1-4,7,9,13H,5-6H2,(H,14,15). The maximum Gasteiger partial charge on any atom is 0.308 e. The van der Waals surface area contributed by atoms with Crippen LogP contribution in [0.3, 0.4) is 0 Å². The topological polar surface area (TPSA) is 49.3 Å². The largest absolute Gasteiger partial charge is 0.481 e. The normalized spacial score (nSPS) is 24.3. The monoisotopic (exact) mass is 209 g/mol. The molecule has 0 aliphatic heterocycles. The van der Waals surface area contributed by atoms with E-state index in [9.17, 15) is 9.18 Å². The third-order valence-corrected chi connectivity index (χ3v) is 2.81. The highest BCUT2D eigenvalue weighted by Crippen LogP contribution is 2.31. The number of halogens is 1. The Morgan fingerprint density at radius 1 is 1.40 bits per heavy atom. The number of carboxylic acids is 1. The van der Waals surface area contributed by atoms with Gasteiger partial charge in [-0.15, -0.1) is 0 Å². The van der Waals surface area contributed by atoms with Gasteiger partial charge in [0.2, 0.25) is 0 Å². The van der Waals surface area contributed by atoms with Gasteiger partial charge in [-0.2, -0.15) is 0 Å². The van der Waals surface area contributed by atoms with Gasteiger partial charge < -0.3 is 10.4 Å². The zero-order chi connectivity index (χ0) is 10.8. The Hall–Kier alpha value is -1.58. The summed E-state index contributed by atoms with van der Waals surface area (Å²) in [5.74, 6) is -1.53. The molecular weight excluding hydrogens is 197 g/mol. The molecule has 2 unspecified atom stereocenters. The second kappa shape index (κ2) is 3.88. The van der Waals surface area contributed by atoms with E-state index >= 15 is 0 Å². The fourth-order valence-corrected chi connectivity index (χ4v) is 1.75.